The maximum atomic E-state index is 12.2. The van der Waals surface area contributed by atoms with Crippen LogP contribution in [0, 0.1) is 6.92 Å². The first-order valence-electron chi connectivity index (χ1n) is 5.46. The second-order valence-corrected chi connectivity index (χ2v) is 7.02. The number of hydrogen-bond donors (Lipinski definition) is 2. The van der Waals surface area contributed by atoms with Crippen LogP contribution in [0.3, 0.4) is 0 Å². The van der Waals surface area contributed by atoms with Crippen LogP contribution in [-0.4, -0.2) is 8.42 Å². The van der Waals surface area contributed by atoms with Crippen LogP contribution in [0.25, 0.3) is 0 Å². The van der Waals surface area contributed by atoms with Gasteiger partial charge in [0.15, 0.2) is 0 Å². The molecule has 0 aliphatic rings. The van der Waals surface area contributed by atoms with Crippen LogP contribution in [0.5, 0.6) is 0 Å². The van der Waals surface area contributed by atoms with E-state index in [1.54, 1.807) is 13.0 Å². The van der Waals surface area contributed by atoms with E-state index in [1.807, 2.05) is 16.8 Å². The highest BCUT2D eigenvalue weighted by Gasteiger charge is 2.19. The third-order valence-corrected chi connectivity index (χ3v) is 5.25. The number of nitrogens with one attached hydrogen (secondary N) is 1. The number of thiophene rings is 1. The Hall–Kier alpha value is -1.08. The molecule has 0 fully saturated rings. The smallest absolute Gasteiger partial charge is 0.242 e. The molecule has 0 amide bonds. The van der Waals surface area contributed by atoms with Crippen LogP contribution < -0.4 is 10.5 Å². The van der Waals surface area contributed by atoms with Gasteiger partial charge in [-0.15, -0.1) is 0 Å². The number of halogens is 1. The summed E-state index contributed by atoms with van der Waals surface area (Å²) in [4.78, 5) is 0.00694. The summed E-state index contributed by atoms with van der Waals surface area (Å²) in [5, 5.41) is 3.94. The molecule has 0 bridgehead atoms. The number of benzene rings is 1. The SMILES string of the molecule is Cc1cc(Cl)c(S(=O)(=O)NCc2ccsc2)cc1N. The molecule has 0 spiro atoms. The van der Waals surface area contributed by atoms with Gasteiger partial charge in [-0.05, 0) is 47.0 Å². The van der Waals surface area contributed by atoms with Gasteiger partial charge in [-0.2, -0.15) is 11.3 Å². The molecule has 0 aliphatic carbocycles. The minimum Gasteiger partial charge on any atom is -0.398 e. The van der Waals surface area contributed by atoms with Gasteiger partial charge in [0.25, 0.3) is 0 Å². The minimum absolute atomic E-state index is 0.00694. The predicted octanol–water partition coefficient (Wildman–Crippen LogP) is 2.77. The maximum absolute atomic E-state index is 12.2. The Morgan fingerprint density at radius 1 is 1.42 bits per heavy atom. The van der Waals surface area contributed by atoms with Crippen molar-refractivity contribution in [1.29, 1.82) is 0 Å². The predicted molar refractivity (Wildman–Crippen MR) is 78.9 cm³/mol. The lowest BCUT2D eigenvalue weighted by molar-refractivity contribution is 0.581. The minimum atomic E-state index is -3.66. The van der Waals surface area contributed by atoms with Gasteiger partial charge in [-0.25, -0.2) is 13.1 Å². The second kappa shape index (κ2) is 5.50. The molecule has 1 aromatic heterocycles. The van der Waals surface area contributed by atoms with E-state index in [0.29, 0.717) is 5.69 Å². The molecule has 0 unspecified atom stereocenters. The second-order valence-electron chi connectivity index (χ2n) is 4.10. The molecule has 3 N–H and O–H groups in total. The van der Waals surface area contributed by atoms with Crippen molar-refractivity contribution in [2.24, 2.45) is 0 Å². The van der Waals surface area contributed by atoms with E-state index in [9.17, 15) is 8.42 Å². The summed E-state index contributed by atoms with van der Waals surface area (Å²) in [6, 6.07) is 4.79. The van der Waals surface area contributed by atoms with Gasteiger partial charge in [-0.1, -0.05) is 11.6 Å². The highest BCUT2D eigenvalue weighted by Crippen LogP contribution is 2.26. The van der Waals surface area contributed by atoms with Crippen molar-refractivity contribution in [3.63, 3.8) is 0 Å². The molecule has 4 nitrogen and oxygen atoms in total. The van der Waals surface area contributed by atoms with Crippen LogP contribution in [-0.2, 0) is 16.6 Å². The first kappa shape index (κ1) is 14.3. The summed E-state index contributed by atoms with van der Waals surface area (Å²) in [7, 11) is -3.66. The van der Waals surface area contributed by atoms with Crippen LogP contribution in [0.15, 0.2) is 33.9 Å². The Balaban J connectivity index is 2.27. The topological polar surface area (TPSA) is 72.2 Å². The van der Waals surface area contributed by atoms with Crippen LogP contribution in [0.4, 0.5) is 5.69 Å². The van der Waals surface area contributed by atoms with E-state index in [2.05, 4.69) is 4.72 Å². The monoisotopic (exact) mass is 316 g/mol. The van der Waals surface area contributed by atoms with Crippen molar-refractivity contribution in [2.45, 2.75) is 18.4 Å². The molecular weight excluding hydrogens is 304 g/mol. The molecule has 7 heteroatoms. The summed E-state index contributed by atoms with van der Waals surface area (Å²) in [5.74, 6) is 0. The zero-order valence-corrected chi connectivity index (χ0v) is 12.6. The number of aryl methyl sites for hydroxylation is 1. The van der Waals surface area contributed by atoms with Gasteiger partial charge in [0.05, 0.1) is 5.02 Å². The van der Waals surface area contributed by atoms with Gasteiger partial charge >= 0.3 is 0 Å². The van der Waals surface area contributed by atoms with Gasteiger partial charge < -0.3 is 5.73 Å². The average Bonchev–Trinajstić information content (AvgIpc) is 2.84. The fourth-order valence-corrected chi connectivity index (χ4v) is 3.83. The first-order chi connectivity index (χ1) is 8.90. The molecule has 0 saturated heterocycles. The Morgan fingerprint density at radius 3 is 2.79 bits per heavy atom. The van der Waals surface area contributed by atoms with Gasteiger partial charge in [0.1, 0.15) is 4.90 Å². The van der Waals surface area contributed by atoms with Crippen LogP contribution >= 0.6 is 22.9 Å². The van der Waals surface area contributed by atoms with E-state index in [-0.39, 0.29) is 16.5 Å². The Kier molecular flexibility index (Phi) is 4.15. The summed E-state index contributed by atoms with van der Waals surface area (Å²) in [6.45, 7) is 2.01. The largest absolute Gasteiger partial charge is 0.398 e. The summed E-state index contributed by atoms with van der Waals surface area (Å²) in [6.07, 6.45) is 0. The standard InChI is InChI=1S/C12H13ClN2O2S2/c1-8-4-10(13)12(5-11(8)14)19(16,17)15-6-9-2-3-18-7-9/h2-5,7,15H,6,14H2,1H3. The van der Waals surface area contributed by atoms with Gasteiger partial charge in [0.2, 0.25) is 10.0 Å². The number of nitrogens with two attached hydrogens (primary N) is 1. The molecule has 102 valence electrons. The molecule has 0 saturated carbocycles. The number of rotatable bonds is 4. The molecule has 0 atom stereocenters. The third-order valence-electron chi connectivity index (χ3n) is 2.66. The zero-order valence-electron chi connectivity index (χ0n) is 10.2. The molecule has 0 aliphatic heterocycles. The lowest BCUT2D eigenvalue weighted by atomic mass is 10.2. The summed E-state index contributed by atoms with van der Waals surface area (Å²) >= 11 is 7.49. The lowest BCUT2D eigenvalue weighted by Crippen LogP contribution is -2.23. The van der Waals surface area contributed by atoms with Crippen molar-refractivity contribution in [3.8, 4) is 0 Å². The fraction of sp³-hybridized carbons (Fsp3) is 0.167. The van der Waals surface area contributed by atoms with Crippen molar-refractivity contribution in [2.75, 3.05) is 5.73 Å². The van der Waals surface area contributed by atoms with Crippen molar-refractivity contribution in [1.82, 2.24) is 4.72 Å². The van der Waals surface area contributed by atoms with Crippen molar-refractivity contribution < 1.29 is 8.42 Å². The van der Waals surface area contributed by atoms with Gasteiger partial charge in [-0.3, -0.25) is 0 Å². The normalized spacial score (nSPS) is 11.7. The van der Waals surface area contributed by atoms with E-state index in [0.717, 1.165) is 11.1 Å². The van der Waals surface area contributed by atoms with E-state index in [4.69, 9.17) is 17.3 Å². The molecule has 19 heavy (non-hydrogen) atoms. The van der Waals surface area contributed by atoms with Crippen molar-refractivity contribution in [3.05, 3.63) is 45.1 Å². The number of anilines is 1. The lowest BCUT2D eigenvalue weighted by Gasteiger charge is -2.10. The number of nitrogen functional groups attached to an aromatic ring is 1. The average molecular weight is 317 g/mol. The van der Waals surface area contributed by atoms with Crippen molar-refractivity contribution >= 4 is 38.6 Å². The molecule has 1 heterocycles. The Morgan fingerprint density at radius 2 is 2.16 bits per heavy atom. The Labute approximate surface area is 121 Å². The maximum Gasteiger partial charge on any atom is 0.242 e. The highest BCUT2D eigenvalue weighted by atomic mass is 35.5. The van der Waals surface area contributed by atoms with Crippen LogP contribution in [0.1, 0.15) is 11.1 Å². The number of hydrogen-bond acceptors (Lipinski definition) is 4. The van der Waals surface area contributed by atoms with E-state index < -0.39 is 10.0 Å². The summed E-state index contributed by atoms with van der Waals surface area (Å²) < 4.78 is 26.8. The third kappa shape index (κ3) is 3.27. The Bertz CT molecular complexity index is 682. The van der Waals surface area contributed by atoms with Crippen LogP contribution in [0.2, 0.25) is 5.02 Å². The van der Waals surface area contributed by atoms with Gasteiger partial charge in [0, 0.05) is 12.2 Å². The molecular formula is C12H13ClN2O2S2. The number of sulfonamides is 1. The van der Waals surface area contributed by atoms with E-state index >= 15 is 0 Å². The van der Waals surface area contributed by atoms with E-state index in [1.165, 1.54) is 17.4 Å². The molecule has 1 aromatic carbocycles. The molecule has 2 rings (SSSR count). The molecule has 0 radical (unpaired) electrons. The first-order valence-corrected chi connectivity index (χ1v) is 8.27. The highest BCUT2D eigenvalue weighted by molar-refractivity contribution is 7.89. The molecule has 2 aromatic rings. The zero-order chi connectivity index (χ0) is 14.0. The fourth-order valence-electron chi connectivity index (χ4n) is 1.52. The summed E-state index contributed by atoms with van der Waals surface area (Å²) in [5.41, 5.74) is 7.79. The quantitative estimate of drug-likeness (QED) is 0.852.